The number of aromatic nitrogens is 1. The minimum absolute atomic E-state index is 0.0991. The maximum absolute atomic E-state index is 11.6. The maximum atomic E-state index is 11.6. The van der Waals surface area contributed by atoms with E-state index >= 15 is 0 Å². The van der Waals surface area contributed by atoms with Gasteiger partial charge >= 0.3 is 0 Å². The fourth-order valence-corrected chi connectivity index (χ4v) is 2.21. The summed E-state index contributed by atoms with van der Waals surface area (Å²) in [6.45, 7) is 0.798. The SMILES string of the molecule is O=c1cccc2n1CCc1ccccc1-2. The lowest BCUT2D eigenvalue weighted by Crippen LogP contribution is -2.24. The molecular formula is C13H11NO. The summed E-state index contributed by atoms with van der Waals surface area (Å²) in [7, 11) is 0. The normalized spacial score (nSPS) is 13.1. The summed E-state index contributed by atoms with van der Waals surface area (Å²) in [4.78, 5) is 11.6. The van der Waals surface area contributed by atoms with Crippen molar-refractivity contribution in [2.45, 2.75) is 13.0 Å². The minimum atomic E-state index is 0.0991. The molecule has 2 aromatic rings. The third-order valence-corrected chi connectivity index (χ3v) is 2.95. The average molecular weight is 197 g/mol. The maximum Gasteiger partial charge on any atom is 0.250 e. The molecule has 0 fully saturated rings. The van der Waals surface area contributed by atoms with E-state index in [1.165, 1.54) is 11.1 Å². The molecule has 1 aromatic carbocycles. The van der Waals surface area contributed by atoms with Gasteiger partial charge in [0.1, 0.15) is 0 Å². The molecular weight excluding hydrogens is 186 g/mol. The number of hydrogen-bond acceptors (Lipinski definition) is 1. The predicted octanol–water partition coefficient (Wildman–Crippen LogP) is 2.07. The lowest BCUT2D eigenvalue weighted by molar-refractivity contribution is 0.659. The Morgan fingerprint density at radius 3 is 2.80 bits per heavy atom. The molecule has 1 aromatic heterocycles. The molecule has 1 aliphatic rings. The Morgan fingerprint density at radius 2 is 1.87 bits per heavy atom. The third kappa shape index (κ3) is 1.22. The molecule has 0 atom stereocenters. The van der Waals surface area contributed by atoms with Crippen LogP contribution in [0.5, 0.6) is 0 Å². The van der Waals surface area contributed by atoms with Crippen LogP contribution in [0.3, 0.4) is 0 Å². The van der Waals surface area contributed by atoms with Crippen LogP contribution in [0.1, 0.15) is 5.56 Å². The van der Waals surface area contributed by atoms with Crippen LogP contribution in [-0.4, -0.2) is 4.57 Å². The molecule has 0 saturated carbocycles. The second-order valence-electron chi connectivity index (χ2n) is 3.81. The highest BCUT2D eigenvalue weighted by atomic mass is 16.1. The van der Waals surface area contributed by atoms with Gasteiger partial charge in [-0.2, -0.15) is 0 Å². The van der Waals surface area contributed by atoms with Crippen LogP contribution in [0, 0.1) is 0 Å². The summed E-state index contributed by atoms with van der Waals surface area (Å²) in [6, 6.07) is 13.8. The van der Waals surface area contributed by atoms with E-state index in [1.807, 2.05) is 22.8 Å². The van der Waals surface area contributed by atoms with Gasteiger partial charge in [0.25, 0.3) is 5.56 Å². The minimum Gasteiger partial charge on any atom is -0.308 e. The van der Waals surface area contributed by atoms with Gasteiger partial charge in [0.2, 0.25) is 0 Å². The van der Waals surface area contributed by atoms with Gasteiger partial charge in [0.15, 0.2) is 0 Å². The molecule has 0 N–H and O–H groups in total. The standard InChI is InChI=1S/C13H11NO/c15-13-7-3-6-12-11-5-2-1-4-10(11)8-9-14(12)13/h1-7H,8-9H2. The van der Waals surface area contributed by atoms with E-state index in [2.05, 4.69) is 18.2 Å². The van der Waals surface area contributed by atoms with Crippen molar-refractivity contribution in [3.8, 4) is 11.3 Å². The van der Waals surface area contributed by atoms with E-state index in [1.54, 1.807) is 6.07 Å². The van der Waals surface area contributed by atoms with Crippen molar-refractivity contribution in [3.05, 3.63) is 58.4 Å². The first-order chi connectivity index (χ1) is 7.36. The Kier molecular flexibility index (Phi) is 1.75. The van der Waals surface area contributed by atoms with Gasteiger partial charge in [0.05, 0.1) is 5.69 Å². The van der Waals surface area contributed by atoms with Gasteiger partial charge in [-0.1, -0.05) is 30.3 Å². The van der Waals surface area contributed by atoms with E-state index in [4.69, 9.17) is 0 Å². The zero-order valence-electron chi connectivity index (χ0n) is 8.31. The van der Waals surface area contributed by atoms with Crippen molar-refractivity contribution in [2.75, 3.05) is 0 Å². The van der Waals surface area contributed by atoms with Crippen molar-refractivity contribution in [1.29, 1.82) is 0 Å². The van der Waals surface area contributed by atoms with Crippen molar-refractivity contribution in [1.82, 2.24) is 4.57 Å². The highest BCUT2D eigenvalue weighted by Gasteiger charge is 2.14. The van der Waals surface area contributed by atoms with E-state index in [0.717, 1.165) is 18.7 Å². The van der Waals surface area contributed by atoms with E-state index in [-0.39, 0.29) is 5.56 Å². The quantitative estimate of drug-likeness (QED) is 0.633. The van der Waals surface area contributed by atoms with Crippen molar-refractivity contribution < 1.29 is 0 Å². The molecule has 74 valence electrons. The first-order valence-electron chi connectivity index (χ1n) is 5.14. The fraction of sp³-hybridized carbons (Fsp3) is 0.154. The third-order valence-electron chi connectivity index (χ3n) is 2.95. The second-order valence-corrected chi connectivity index (χ2v) is 3.81. The smallest absolute Gasteiger partial charge is 0.250 e. The van der Waals surface area contributed by atoms with Crippen molar-refractivity contribution in [3.63, 3.8) is 0 Å². The highest BCUT2D eigenvalue weighted by molar-refractivity contribution is 5.65. The number of nitrogens with zero attached hydrogens (tertiary/aromatic N) is 1. The van der Waals surface area contributed by atoms with Gasteiger partial charge in [-0.15, -0.1) is 0 Å². The number of pyridine rings is 1. The number of hydrogen-bond donors (Lipinski definition) is 0. The molecule has 3 rings (SSSR count). The van der Waals surface area contributed by atoms with Crippen LogP contribution in [-0.2, 0) is 13.0 Å². The van der Waals surface area contributed by atoms with E-state index in [0.29, 0.717) is 0 Å². The lowest BCUT2D eigenvalue weighted by atomic mass is 9.98. The molecule has 15 heavy (non-hydrogen) atoms. The van der Waals surface area contributed by atoms with Crippen LogP contribution < -0.4 is 5.56 Å². The monoisotopic (exact) mass is 197 g/mol. The summed E-state index contributed by atoms with van der Waals surface area (Å²) in [5.74, 6) is 0. The molecule has 0 bridgehead atoms. The van der Waals surface area contributed by atoms with E-state index in [9.17, 15) is 4.79 Å². The zero-order chi connectivity index (χ0) is 10.3. The molecule has 0 radical (unpaired) electrons. The Hall–Kier alpha value is -1.83. The Labute approximate surface area is 87.8 Å². The molecule has 2 heterocycles. The molecule has 2 heteroatoms. The Balaban J connectivity index is 2.35. The van der Waals surface area contributed by atoms with E-state index < -0.39 is 0 Å². The number of benzene rings is 1. The summed E-state index contributed by atoms with van der Waals surface area (Å²) < 4.78 is 1.85. The van der Waals surface area contributed by atoms with Gasteiger partial charge in [0, 0.05) is 18.2 Å². The first kappa shape index (κ1) is 8.48. The molecule has 2 nitrogen and oxygen atoms in total. The molecule has 0 aliphatic carbocycles. The highest BCUT2D eigenvalue weighted by Crippen LogP contribution is 2.27. The van der Waals surface area contributed by atoms with Crippen LogP contribution in [0.25, 0.3) is 11.3 Å². The lowest BCUT2D eigenvalue weighted by Gasteiger charge is -2.20. The van der Waals surface area contributed by atoms with Crippen molar-refractivity contribution >= 4 is 0 Å². The van der Waals surface area contributed by atoms with Crippen molar-refractivity contribution in [2.24, 2.45) is 0 Å². The van der Waals surface area contributed by atoms with Crippen LogP contribution >= 0.6 is 0 Å². The topological polar surface area (TPSA) is 22.0 Å². The second kappa shape index (κ2) is 3.09. The average Bonchev–Trinajstić information content (AvgIpc) is 2.29. The summed E-state index contributed by atoms with van der Waals surface area (Å²) >= 11 is 0. The summed E-state index contributed by atoms with van der Waals surface area (Å²) in [5, 5.41) is 0. The summed E-state index contributed by atoms with van der Waals surface area (Å²) in [5.41, 5.74) is 3.68. The fourth-order valence-electron chi connectivity index (χ4n) is 2.21. The number of rotatable bonds is 0. The zero-order valence-corrected chi connectivity index (χ0v) is 8.31. The van der Waals surface area contributed by atoms with Gasteiger partial charge in [-0.3, -0.25) is 4.79 Å². The molecule has 0 saturated heterocycles. The molecule has 1 aliphatic heterocycles. The number of fused-ring (bicyclic) bond motifs is 3. The van der Waals surface area contributed by atoms with Gasteiger partial charge < -0.3 is 4.57 Å². The predicted molar refractivity (Wildman–Crippen MR) is 59.8 cm³/mol. The largest absolute Gasteiger partial charge is 0.308 e. The van der Waals surface area contributed by atoms with Crippen LogP contribution in [0.15, 0.2) is 47.3 Å². The Bertz CT molecular complexity index is 569. The van der Waals surface area contributed by atoms with Gasteiger partial charge in [-0.05, 0) is 18.1 Å². The molecule has 0 amide bonds. The molecule has 0 unspecified atom stereocenters. The summed E-state index contributed by atoms with van der Waals surface area (Å²) in [6.07, 6.45) is 0.951. The number of aryl methyl sites for hydroxylation is 1. The van der Waals surface area contributed by atoms with Crippen LogP contribution in [0.4, 0.5) is 0 Å². The first-order valence-corrected chi connectivity index (χ1v) is 5.14. The Morgan fingerprint density at radius 1 is 1.00 bits per heavy atom. The molecule has 0 spiro atoms. The van der Waals surface area contributed by atoms with Crippen LogP contribution in [0.2, 0.25) is 0 Å². The van der Waals surface area contributed by atoms with Gasteiger partial charge in [-0.25, -0.2) is 0 Å².